The van der Waals surface area contributed by atoms with Crippen LogP contribution < -0.4 is 10.6 Å². The molecule has 2 aliphatic rings. The van der Waals surface area contributed by atoms with Crippen molar-refractivity contribution in [1.29, 1.82) is 0 Å². The molecule has 2 bridgehead atoms. The van der Waals surface area contributed by atoms with Gasteiger partial charge in [0.2, 0.25) is 6.41 Å². The van der Waals surface area contributed by atoms with Gasteiger partial charge in [0.25, 0.3) is 5.91 Å². The second kappa shape index (κ2) is 5.33. The van der Waals surface area contributed by atoms with Gasteiger partial charge in [0.1, 0.15) is 5.69 Å². The van der Waals surface area contributed by atoms with Crippen LogP contribution in [0.2, 0.25) is 0 Å². The summed E-state index contributed by atoms with van der Waals surface area (Å²) in [7, 11) is 0. The number of amides is 2. The molecule has 3 atom stereocenters. The van der Waals surface area contributed by atoms with Crippen LogP contribution in [-0.4, -0.2) is 47.9 Å². The van der Waals surface area contributed by atoms with Crippen molar-refractivity contribution in [2.24, 2.45) is 5.92 Å². The molecule has 0 aromatic carbocycles. The third-order valence-electron chi connectivity index (χ3n) is 4.48. The highest BCUT2D eigenvalue weighted by Crippen LogP contribution is 2.30. The van der Waals surface area contributed by atoms with Crippen molar-refractivity contribution < 1.29 is 9.59 Å². The first-order chi connectivity index (χ1) is 10.7. The van der Waals surface area contributed by atoms with E-state index in [4.69, 9.17) is 0 Å². The molecule has 2 amide bonds. The molecule has 2 saturated heterocycles. The first-order valence-electron chi connectivity index (χ1n) is 7.36. The van der Waals surface area contributed by atoms with Gasteiger partial charge >= 0.3 is 0 Å². The summed E-state index contributed by atoms with van der Waals surface area (Å²) < 4.78 is 0.946. The van der Waals surface area contributed by atoms with E-state index in [0.717, 1.165) is 34.7 Å². The predicted octanol–water partition coefficient (Wildman–Crippen LogP) is 1.30. The summed E-state index contributed by atoms with van der Waals surface area (Å²) in [5.74, 6) is 0.469. The Labute approximate surface area is 131 Å². The zero-order valence-corrected chi connectivity index (χ0v) is 12.7. The van der Waals surface area contributed by atoms with E-state index in [-0.39, 0.29) is 11.9 Å². The van der Waals surface area contributed by atoms with Gasteiger partial charge in [0.15, 0.2) is 0 Å². The van der Waals surface area contributed by atoms with Gasteiger partial charge in [-0.15, -0.1) is 11.3 Å². The van der Waals surface area contributed by atoms with Gasteiger partial charge in [-0.2, -0.15) is 0 Å². The zero-order valence-electron chi connectivity index (χ0n) is 11.9. The highest BCUT2D eigenvalue weighted by molar-refractivity contribution is 7.22. The SMILES string of the molecule is O=CNc1cc2cnc(C(=O)NC3CN4CC[C@H]3C4)cc2s1. The number of hydrogen-bond acceptors (Lipinski definition) is 5. The van der Waals surface area contributed by atoms with Crippen molar-refractivity contribution in [3.8, 4) is 0 Å². The Balaban J connectivity index is 1.52. The molecule has 114 valence electrons. The maximum Gasteiger partial charge on any atom is 0.270 e. The van der Waals surface area contributed by atoms with Crippen LogP contribution >= 0.6 is 11.3 Å². The molecule has 7 heteroatoms. The van der Waals surface area contributed by atoms with Gasteiger partial charge in [-0.05, 0) is 31.0 Å². The van der Waals surface area contributed by atoms with Crippen LogP contribution in [0, 0.1) is 5.92 Å². The van der Waals surface area contributed by atoms with Crippen molar-refractivity contribution in [1.82, 2.24) is 15.2 Å². The summed E-state index contributed by atoms with van der Waals surface area (Å²) >= 11 is 1.44. The molecule has 2 unspecified atom stereocenters. The van der Waals surface area contributed by atoms with Crippen molar-refractivity contribution in [3.05, 3.63) is 24.0 Å². The third kappa shape index (κ3) is 2.36. The van der Waals surface area contributed by atoms with Crippen LogP contribution in [0.3, 0.4) is 0 Å². The molecule has 2 N–H and O–H groups in total. The van der Waals surface area contributed by atoms with Crippen molar-refractivity contribution >= 4 is 38.7 Å². The minimum Gasteiger partial charge on any atom is -0.346 e. The fourth-order valence-electron chi connectivity index (χ4n) is 3.38. The number of carbonyl (C=O) groups excluding carboxylic acids is 2. The molecule has 6 nitrogen and oxygen atoms in total. The van der Waals surface area contributed by atoms with Crippen LogP contribution in [0.4, 0.5) is 5.00 Å². The first kappa shape index (κ1) is 13.7. The number of hydrogen-bond donors (Lipinski definition) is 2. The molecular formula is C15H16N4O2S. The van der Waals surface area contributed by atoms with E-state index in [1.54, 1.807) is 12.3 Å². The smallest absolute Gasteiger partial charge is 0.270 e. The average Bonchev–Trinajstić information content (AvgIpc) is 3.20. The Morgan fingerprint density at radius 2 is 2.32 bits per heavy atom. The van der Waals surface area contributed by atoms with Crippen LogP contribution in [0.5, 0.6) is 0 Å². The molecule has 4 heterocycles. The lowest BCUT2D eigenvalue weighted by Crippen LogP contribution is -2.43. The predicted molar refractivity (Wildman–Crippen MR) is 85.1 cm³/mol. The molecule has 2 aliphatic heterocycles. The lowest BCUT2D eigenvalue weighted by molar-refractivity contribution is -0.105. The number of aromatic nitrogens is 1. The van der Waals surface area contributed by atoms with Crippen LogP contribution in [0.25, 0.3) is 10.1 Å². The molecule has 0 aliphatic carbocycles. The van der Waals surface area contributed by atoms with Gasteiger partial charge < -0.3 is 15.5 Å². The van der Waals surface area contributed by atoms with Crippen molar-refractivity contribution in [2.75, 3.05) is 25.0 Å². The number of carbonyl (C=O) groups is 2. The summed E-state index contributed by atoms with van der Waals surface area (Å²) in [6, 6.07) is 3.89. The van der Waals surface area contributed by atoms with E-state index in [0.29, 0.717) is 18.0 Å². The summed E-state index contributed by atoms with van der Waals surface area (Å²) in [5.41, 5.74) is 0.435. The summed E-state index contributed by atoms with van der Waals surface area (Å²) in [5, 5.41) is 7.42. The third-order valence-corrected chi connectivity index (χ3v) is 5.51. The number of thiophene rings is 1. The fraction of sp³-hybridized carbons (Fsp3) is 0.400. The maximum absolute atomic E-state index is 12.4. The normalized spacial score (nSPS) is 26.3. The average molecular weight is 316 g/mol. The second-order valence-electron chi connectivity index (χ2n) is 5.87. The Morgan fingerprint density at radius 1 is 1.41 bits per heavy atom. The van der Waals surface area contributed by atoms with Gasteiger partial charge in [-0.1, -0.05) is 0 Å². The minimum absolute atomic E-state index is 0.112. The van der Waals surface area contributed by atoms with Gasteiger partial charge in [-0.25, -0.2) is 0 Å². The van der Waals surface area contributed by atoms with E-state index in [9.17, 15) is 9.59 Å². The van der Waals surface area contributed by atoms with Gasteiger partial charge in [-0.3, -0.25) is 14.6 Å². The largest absolute Gasteiger partial charge is 0.346 e. The quantitative estimate of drug-likeness (QED) is 0.834. The fourth-order valence-corrected chi connectivity index (χ4v) is 4.31. The van der Waals surface area contributed by atoms with Crippen molar-refractivity contribution in [3.63, 3.8) is 0 Å². The van der Waals surface area contributed by atoms with E-state index in [1.807, 2.05) is 6.07 Å². The molecule has 2 aromatic rings. The molecular weight excluding hydrogens is 300 g/mol. The Kier molecular flexibility index (Phi) is 3.31. The Morgan fingerprint density at radius 3 is 3.05 bits per heavy atom. The molecule has 2 fully saturated rings. The topological polar surface area (TPSA) is 74.3 Å². The lowest BCUT2D eigenvalue weighted by atomic mass is 10.00. The van der Waals surface area contributed by atoms with E-state index < -0.39 is 0 Å². The van der Waals surface area contributed by atoms with Gasteiger partial charge in [0.05, 0.1) is 5.00 Å². The number of nitrogens with one attached hydrogen (secondary N) is 2. The molecule has 2 aromatic heterocycles. The zero-order chi connectivity index (χ0) is 15.1. The number of fused-ring (bicyclic) bond motifs is 3. The van der Waals surface area contributed by atoms with Crippen LogP contribution in [0.15, 0.2) is 18.3 Å². The standard InChI is InChI=1S/C15H16N4O2S/c20-8-17-14-3-10-5-16-11(4-13(10)22-14)15(21)18-12-7-19-2-1-9(12)6-19/h3-5,8-9,12H,1-2,6-7H2,(H,17,20)(H,18,21)/t9-,12?/m0/s1. The number of piperidine rings is 1. The Bertz CT molecular complexity index is 744. The van der Waals surface area contributed by atoms with E-state index >= 15 is 0 Å². The molecule has 0 radical (unpaired) electrons. The highest BCUT2D eigenvalue weighted by atomic mass is 32.1. The number of anilines is 1. The van der Waals surface area contributed by atoms with E-state index in [1.165, 1.54) is 17.8 Å². The minimum atomic E-state index is -0.112. The van der Waals surface area contributed by atoms with Crippen LogP contribution in [-0.2, 0) is 4.79 Å². The van der Waals surface area contributed by atoms with Crippen LogP contribution in [0.1, 0.15) is 16.9 Å². The number of rotatable bonds is 4. The van der Waals surface area contributed by atoms with Crippen molar-refractivity contribution in [2.45, 2.75) is 12.5 Å². The molecule has 4 rings (SSSR count). The molecule has 0 spiro atoms. The van der Waals surface area contributed by atoms with Gasteiger partial charge in [0, 0.05) is 35.4 Å². The Hall–Kier alpha value is -1.99. The first-order valence-corrected chi connectivity index (χ1v) is 8.17. The summed E-state index contributed by atoms with van der Waals surface area (Å²) in [4.78, 5) is 29.5. The monoisotopic (exact) mass is 316 g/mol. The maximum atomic E-state index is 12.4. The number of pyridine rings is 1. The summed E-state index contributed by atoms with van der Waals surface area (Å²) in [6.45, 7) is 3.21. The molecule has 22 heavy (non-hydrogen) atoms. The lowest BCUT2D eigenvalue weighted by Gasteiger charge is -2.22. The second-order valence-corrected chi connectivity index (χ2v) is 6.95. The highest BCUT2D eigenvalue weighted by Gasteiger charge is 2.38. The molecule has 0 saturated carbocycles. The summed E-state index contributed by atoms with van der Waals surface area (Å²) in [6.07, 6.45) is 3.50. The van der Waals surface area contributed by atoms with E-state index in [2.05, 4.69) is 20.5 Å². The number of nitrogens with zero attached hydrogens (tertiary/aromatic N) is 2.